The largest absolute Gasteiger partial charge is 0.401 e. The van der Waals surface area contributed by atoms with Crippen LogP contribution in [0.1, 0.15) is 12.8 Å². The second-order valence-electron chi connectivity index (χ2n) is 5.99. The molecule has 1 aromatic rings. The number of thioether (sulfide) groups is 1. The van der Waals surface area contributed by atoms with Gasteiger partial charge in [0.25, 0.3) is 0 Å². The summed E-state index contributed by atoms with van der Waals surface area (Å²) in [5, 5.41) is 6.44. The first-order valence-electron chi connectivity index (χ1n) is 8.40. The highest BCUT2D eigenvalue weighted by Crippen LogP contribution is 2.20. The molecule has 2 N–H and O–H groups in total. The van der Waals surface area contributed by atoms with E-state index in [1.165, 1.54) is 9.80 Å². The van der Waals surface area contributed by atoms with Gasteiger partial charge in [0.2, 0.25) is 0 Å². The van der Waals surface area contributed by atoms with Gasteiger partial charge in [-0.25, -0.2) is 0 Å². The molecule has 1 aliphatic rings. The van der Waals surface area contributed by atoms with Crippen LogP contribution >= 0.6 is 11.8 Å². The number of nitrogens with zero attached hydrogens (tertiary/aromatic N) is 2. The van der Waals surface area contributed by atoms with Crippen molar-refractivity contribution in [1.29, 1.82) is 0 Å². The molecule has 1 aliphatic heterocycles. The summed E-state index contributed by atoms with van der Waals surface area (Å²) in [6.07, 6.45) is -2.46. The Morgan fingerprint density at radius 3 is 2.76 bits per heavy atom. The van der Waals surface area contributed by atoms with Gasteiger partial charge in [-0.1, -0.05) is 18.2 Å². The van der Waals surface area contributed by atoms with Crippen LogP contribution < -0.4 is 10.6 Å². The third-order valence-corrected chi connectivity index (χ3v) is 4.96. The molecule has 1 unspecified atom stereocenters. The van der Waals surface area contributed by atoms with Crippen LogP contribution in [-0.2, 0) is 0 Å². The van der Waals surface area contributed by atoms with E-state index < -0.39 is 12.7 Å². The predicted octanol–water partition coefficient (Wildman–Crippen LogP) is 2.97. The van der Waals surface area contributed by atoms with Crippen LogP contribution in [0, 0.1) is 0 Å². The standard InChI is InChI=1S/C17H25F3N4S/c1-21-16(22-9-5-11-25-15-6-3-2-4-7-15)23-14-8-10-24(12-14)13-17(18,19)20/h2-4,6-7,14H,5,8-13H2,1H3,(H2,21,22,23). The number of aliphatic imine (C=N–C) groups is 1. The van der Waals surface area contributed by atoms with Crippen molar-refractivity contribution < 1.29 is 13.2 Å². The molecule has 4 nitrogen and oxygen atoms in total. The molecule has 0 saturated carbocycles. The Balaban J connectivity index is 1.61. The maximum absolute atomic E-state index is 12.4. The van der Waals surface area contributed by atoms with E-state index >= 15 is 0 Å². The van der Waals surface area contributed by atoms with Crippen molar-refractivity contribution in [3.63, 3.8) is 0 Å². The molecule has 1 atom stereocenters. The molecule has 0 spiro atoms. The second-order valence-corrected chi connectivity index (χ2v) is 7.16. The molecule has 0 amide bonds. The molecule has 0 radical (unpaired) electrons. The van der Waals surface area contributed by atoms with Gasteiger partial charge in [0, 0.05) is 37.6 Å². The van der Waals surface area contributed by atoms with Crippen LogP contribution in [0.3, 0.4) is 0 Å². The van der Waals surface area contributed by atoms with E-state index in [2.05, 4.69) is 27.8 Å². The molecule has 0 bridgehead atoms. The van der Waals surface area contributed by atoms with Crippen molar-refractivity contribution >= 4 is 17.7 Å². The second kappa shape index (κ2) is 9.91. The predicted molar refractivity (Wildman–Crippen MR) is 97.2 cm³/mol. The zero-order valence-corrected chi connectivity index (χ0v) is 15.2. The normalized spacial score (nSPS) is 19.2. The van der Waals surface area contributed by atoms with Gasteiger partial charge in [0.1, 0.15) is 0 Å². The van der Waals surface area contributed by atoms with Gasteiger partial charge < -0.3 is 10.6 Å². The highest BCUT2D eigenvalue weighted by atomic mass is 32.2. The topological polar surface area (TPSA) is 39.7 Å². The maximum Gasteiger partial charge on any atom is 0.401 e. The van der Waals surface area contributed by atoms with Crippen LogP contribution in [0.2, 0.25) is 0 Å². The lowest BCUT2D eigenvalue weighted by atomic mass is 10.3. The average molecular weight is 374 g/mol. The van der Waals surface area contributed by atoms with E-state index in [9.17, 15) is 13.2 Å². The number of guanidine groups is 1. The van der Waals surface area contributed by atoms with Gasteiger partial charge in [-0.2, -0.15) is 13.2 Å². The highest BCUT2D eigenvalue weighted by molar-refractivity contribution is 7.99. The minimum Gasteiger partial charge on any atom is -0.356 e. The van der Waals surface area contributed by atoms with Crippen molar-refractivity contribution in [2.75, 3.05) is 39.0 Å². The fourth-order valence-corrected chi connectivity index (χ4v) is 3.60. The molecule has 1 fully saturated rings. The van der Waals surface area contributed by atoms with E-state index in [4.69, 9.17) is 0 Å². The van der Waals surface area contributed by atoms with Crippen molar-refractivity contribution in [3.8, 4) is 0 Å². The summed E-state index contributed by atoms with van der Waals surface area (Å²) in [6.45, 7) is 0.790. The monoisotopic (exact) mass is 374 g/mol. The van der Waals surface area contributed by atoms with Gasteiger partial charge in [-0.3, -0.25) is 9.89 Å². The molecule has 2 rings (SSSR count). The Bertz CT molecular complexity index is 536. The number of nitrogens with one attached hydrogen (secondary N) is 2. The van der Waals surface area contributed by atoms with Crippen LogP contribution in [-0.4, -0.2) is 62.1 Å². The molecule has 1 aromatic carbocycles. The summed E-state index contributed by atoms with van der Waals surface area (Å²) in [5.41, 5.74) is 0. The van der Waals surface area contributed by atoms with Gasteiger partial charge in [-0.05, 0) is 30.7 Å². The minimum absolute atomic E-state index is 0.00671. The van der Waals surface area contributed by atoms with E-state index in [0.29, 0.717) is 25.5 Å². The number of halogens is 3. The Morgan fingerprint density at radius 1 is 1.32 bits per heavy atom. The lowest BCUT2D eigenvalue weighted by molar-refractivity contribution is -0.143. The van der Waals surface area contributed by atoms with Crippen LogP contribution in [0.5, 0.6) is 0 Å². The average Bonchev–Trinajstić information content (AvgIpc) is 2.99. The minimum atomic E-state index is -4.13. The quantitative estimate of drug-likeness (QED) is 0.333. The fraction of sp³-hybridized carbons (Fsp3) is 0.588. The number of likely N-dealkylation sites (tertiary alicyclic amines) is 1. The molecule has 0 aliphatic carbocycles. The highest BCUT2D eigenvalue weighted by Gasteiger charge is 2.34. The molecule has 25 heavy (non-hydrogen) atoms. The maximum atomic E-state index is 12.4. The lowest BCUT2D eigenvalue weighted by Gasteiger charge is -2.19. The number of hydrogen-bond acceptors (Lipinski definition) is 3. The number of benzene rings is 1. The molecule has 1 heterocycles. The summed E-state index contributed by atoms with van der Waals surface area (Å²) in [4.78, 5) is 6.84. The molecular formula is C17H25F3N4S. The summed E-state index contributed by atoms with van der Waals surface area (Å²) < 4.78 is 37.3. The van der Waals surface area contributed by atoms with Crippen LogP contribution in [0.4, 0.5) is 13.2 Å². The Labute approximate surface area is 151 Å². The van der Waals surface area contributed by atoms with Gasteiger partial charge in [-0.15, -0.1) is 11.8 Å². The molecular weight excluding hydrogens is 349 g/mol. The zero-order chi connectivity index (χ0) is 18.1. The van der Waals surface area contributed by atoms with E-state index in [1.54, 1.807) is 18.8 Å². The SMILES string of the molecule is CN=C(NCCCSc1ccccc1)NC1CCN(CC(F)(F)F)C1. The summed E-state index contributed by atoms with van der Waals surface area (Å²) in [6, 6.07) is 10.2. The molecule has 0 aromatic heterocycles. The first kappa shape index (κ1) is 19.9. The number of rotatable bonds is 7. The number of hydrogen-bond donors (Lipinski definition) is 2. The third-order valence-electron chi connectivity index (χ3n) is 3.87. The Kier molecular flexibility index (Phi) is 7.90. The Hall–Kier alpha value is -1.41. The first-order chi connectivity index (χ1) is 12.0. The van der Waals surface area contributed by atoms with Crippen molar-refractivity contribution in [1.82, 2.24) is 15.5 Å². The fourth-order valence-electron chi connectivity index (χ4n) is 2.72. The molecule has 8 heteroatoms. The summed E-state index contributed by atoms with van der Waals surface area (Å²) >= 11 is 1.80. The summed E-state index contributed by atoms with van der Waals surface area (Å²) in [7, 11) is 1.68. The smallest absolute Gasteiger partial charge is 0.356 e. The molecule has 140 valence electrons. The van der Waals surface area contributed by atoms with Crippen molar-refractivity contribution in [3.05, 3.63) is 30.3 Å². The van der Waals surface area contributed by atoms with E-state index in [1.807, 2.05) is 18.2 Å². The zero-order valence-electron chi connectivity index (χ0n) is 14.4. The van der Waals surface area contributed by atoms with E-state index in [-0.39, 0.29) is 6.04 Å². The van der Waals surface area contributed by atoms with Gasteiger partial charge in [0.15, 0.2) is 5.96 Å². The van der Waals surface area contributed by atoms with Crippen molar-refractivity contribution in [2.24, 2.45) is 4.99 Å². The lowest BCUT2D eigenvalue weighted by Crippen LogP contribution is -2.45. The van der Waals surface area contributed by atoms with Gasteiger partial charge in [0.05, 0.1) is 6.54 Å². The Morgan fingerprint density at radius 2 is 2.08 bits per heavy atom. The third kappa shape index (κ3) is 8.00. The molecule has 1 saturated heterocycles. The van der Waals surface area contributed by atoms with Gasteiger partial charge >= 0.3 is 6.18 Å². The van der Waals surface area contributed by atoms with Crippen LogP contribution in [0.25, 0.3) is 0 Å². The van der Waals surface area contributed by atoms with E-state index in [0.717, 1.165) is 18.7 Å². The number of alkyl halides is 3. The van der Waals surface area contributed by atoms with Crippen molar-refractivity contribution in [2.45, 2.75) is 30.0 Å². The first-order valence-corrected chi connectivity index (χ1v) is 9.39. The van der Waals surface area contributed by atoms with Crippen LogP contribution in [0.15, 0.2) is 40.2 Å². The summed E-state index contributed by atoms with van der Waals surface area (Å²) in [5.74, 6) is 1.65.